The number of benzene rings is 2. The van der Waals surface area contributed by atoms with Crippen molar-refractivity contribution in [3.8, 4) is 0 Å². The summed E-state index contributed by atoms with van der Waals surface area (Å²) in [5.41, 5.74) is 3.03. The molecule has 3 aromatic rings. The molecule has 1 atom stereocenters. The second-order valence-corrected chi connectivity index (χ2v) is 6.58. The van der Waals surface area contributed by atoms with E-state index in [1.165, 1.54) is 14.2 Å². The molecule has 0 aliphatic rings. The van der Waals surface area contributed by atoms with Crippen LogP contribution in [0.5, 0.6) is 0 Å². The molecule has 1 heterocycles. The Kier molecular flexibility index (Phi) is 6.29. The van der Waals surface area contributed by atoms with Crippen molar-refractivity contribution in [3.05, 3.63) is 92.9 Å². The molecule has 0 spiro atoms. The van der Waals surface area contributed by atoms with Crippen molar-refractivity contribution in [3.63, 3.8) is 0 Å². The lowest BCUT2D eigenvalue weighted by atomic mass is 9.87. The number of esters is 2. The number of ether oxygens (including phenoxy) is 2. The number of methoxy groups -OCH3 is 2. The van der Waals surface area contributed by atoms with Crippen LogP contribution in [0.2, 0.25) is 0 Å². The van der Waals surface area contributed by atoms with Crippen LogP contribution in [0.4, 0.5) is 0 Å². The third-order valence-electron chi connectivity index (χ3n) is 4.80. The summed E-state index contributed by atoms with van der Waals surface area (Å²) >= 11 is 0. The molecule has 0 amide bonds. The largest absolute Gasteiger partial charge is 0.469 e. The molecule has 0 radical (unpaired) electrons. The maximum Gasteiger partial charge on any atom is 0.337 e. The van der Waals surface area contributed by atoms with Crippen molar-refractivity contribution in [1.82, 2.24) is 10.2 Å². The predicted molar refractivity (Wildman–Crippen MR) is 107 cm³/mol. The van der Waals surface area contributed by atoms with E-state index in [1.54, 1.807) is 24.3 Å². The number of aromatic nitrogens is 2. The molecule has 0 saturated carbocycles. The lowest BCUT2D eigenvalue weighted by molar-refractivity contribution is -0.140. The predicted octanol–water partition coefficient (Wildman–Crippen LogP) is 2.78. The molecule has 0 saturated heterocycles. The van der Waals surface area contributed by atoms with Gasteiger partial charge in [0.1, 0.15) is 0 Å². The summed E-state index contributed by atoms with van der Waals surface area (Å²) in [4.78, 5) is 36.4. The zero-order valence-corrected chi connectivity index (χ0v) is 16.2. The highest BCUT2D eigenvalue weighted by atomic mass is 16.5. The number of nitrogens with one attached hydrogen (secondary N) is 2. The number of carbonyl (C=O) groups excluding carboxylic acids is 2. The van der Waals surface area contributed by atoms with E-state index < -0.39 is 17.9 Å². The van der Waals surface area contributed by atoms with Gasteiger partial charge >= 0.3 is 11.9 Å². The summed E-state index contributed by atoms with van der Waals surface area (Å²) in [6, 6.07) is 16.4. The van der Waals surface area contributed by atoms with Gasteiger partial charge in [0.25, 0.3) is 5.56 Å². The smallest absolute Gasteiger partial charge is 0.337 e. The van der Waals surface area contributed by atoms with E-state index in [2.05, 4.69) is 10.2 Å². The lowest BCUT2D eigenvalue weighted by Gasteiger charge is -2.17. The summed E-state index contributed by atoms with van der Waals surface area (Å²) in [5.74, 6) is -1.41. The van der Waals surface area contributed by atoms with Crippen molar-refractivity contribution in [1.29, 1.82) is 0 Å². The van der Waals surface area contributed by atoms with Gasteiger partial charge in [-0.05, 0) is 23.3 Å². The van der Waals surface area contributed by atoms with Crippen LogP contribution in [0.25, 0.3) is 0 Å². The van der Waals surface area contributed by atoms with Crippen molar-refractivity contribution in [2.75, 3.05) is 14.2 Å². The second-order valence-electron chi connectivity index (χ2n) is 6.58. The van der Waals surface area contributed by atoms with E-state index >= 15 is 0 Å². The standard InChI is InChI=1S/C22H22N2O5/c1-28-19(25)13-17(15-8-10-16(11-9-15)22(27)29-2)20-18(23-24-21(20)26)12-14-6-4-3-5-7-14/h3-11,17H,12-13H2,1-2H3,(H2,23,24,26)/t17-/m0/s1. The lowest BCUT2D eigenvalue weighted by Crippen LogP contribution is -2.18. The van der Waals surface area contributed by atoms with Gasteiger partial charge in [0.2, 0.25) is 0 Å². The summed E-state index contributed by atoms with van der Waals surface area (Å²) in [7, 11) is 2.62. The average molecular weight is 394 g/mol. The van der Waals surface area contributed by atoms with Crippen LogP contribution < -0.4 is 5.56 Å². The highest BCUT2D eigenvalue weighted by molar-refractivity contribution is 5.89. The van der Waals surface area contributed by atoms with Crippen molar-refractivity contribution < 1.29 is 19.1 Å². The average Bonchev–Trinajstić information content (AvgIpc) is 3.11. The Labute approximate surface area is 167 Å². The molecule has 0 aliphatic heterocycles. The first kappa shape index (κ1) is 20.1. The Balaban J connectivity index is 2.01. The van der Waals surface area contributed by atoms with Crippen LogP contribution in [-0.2, 0) is 20.7 Å². The van der Waals surface area contributed by atoms with Crippen molar-refractivity contribution in [2.45, 2.75) is 18.8 Å². The third-order valence-corrected chi connectivity index (χ3v) is 4.80. The molecule has 3 rings (SSSR count). The van der Waals surface area contributed by atoms with Gasteiger partial charge in [-0.1, -0.05) is 42.5 Å². The minimum Gasteiger partial charge on any atom is -0.469 e. The van der Waals surface area contributed by atoms with E-state index in [0.717, 1.165) is 11.1 Å². The first-order valence-electron chi connectivity index (χ1n) is 9.12. The Morgan fingerprint density at radius 1 is 0.931 bits per heavy atom. The van der Waals surface area contributed by atoms with Crippen LogP contribution in [0, 0.1) is 0 Å². The summed E-state index contributed by atoms with van der Waals surface area (Å²) < 4.78 is 9.56. The highest BCUT2D eigenvalue weighted by Crippen LogP contribution is 2.29. The van der Waals surface area contributed by atoms with Gasteiger partial charge in [-0.3, -0.25) is 14.7 Å². The minimum atomic E-state index is -0.525. The molecule has 1 aromatic heterocycles. The Morgan fingerprint density at radius 3 is 2.24 bits per heavy atom. The zero-order valence-electron chi connectivity index (χ0n) is 16.2. The molecule has 0 aliphatic carbocycles. The number of H-pyrrole nitrogens is 2. The van der Waals surface area contributed by atoms with Crippen molar-refractivity contribution in [2.24, 2.45) is 0 Å². The Morgan fingerprint density at radius 2 is 1.62 bits per heavy atom. The van der Waals surface area contributed by atoms with Gasteiger partial charge in [-0.15, -0.1) is 0 Å². The van der Waals surface area contributed by atoms with Crippen LogP contribution in [0.1, 0.15) is 45.1 Å². The number of hydrogen-bond donors (Lipinski definition) is 2. The van der Waals surface area contributed by atoms with E-state index in [-0.39, 0.29) is 12.0 Å². The SMILES string of the molecule is COC(=O)C[C@@H](c1ccc(C(=O)OC)cc1)c1c(Cc2ccccc2)[nH][nH]c1=O. The fourth-order valence-corrected chi connectivity index (χ4v) is 3.32. The molecule has 0 bridgehead atoms. The topological polar surface area (TPSA) is 101 Å². The van der Waals surface area contributed by atoms with Crippen LogP contribution in [-0.4, -0.2) is 36.4 Å². The molecule has 7 nitrogen and oxygen atoms in total. The molecular formula is C22H22N2O5. The first-order chi connectivity index (χ1) is 14.0. The van der Waals surface area contributed by atoms with Crippen LogP contribution in [0.3, 0.4) is 0 Å². The van der Waals surface area contributed by atoms with E-state index in [4.69, 9.17) is 9.47 Å². The molecule has 0 unspecified atom stereocenters. The van der Waals surface area contributed by atoms with Gasteiger partial charge in [-0.2, -0.15) is 0 Å². The number of hydrogen-bond acceptors (Lipinski definition) is 5. The summed E-state index contributed by atoms with van der Waals surface area (Å²) in [6.07, 6.45) is 0.504. The highest BCUT2D eigenvalue weighted by Gasteiger charge is 2.26. The van der Waals surface area contributed by atoms with Gasteiger partial charge in [0, 0.05) is 23.6 Å². The van der Waals surface area contributed by atoms with Gasteiger partial charge < -0.3 is 14.6 Å². The van der Waals surface area contributed by atoms with Crippen LogP contribution >= 0.6 is 0 Å². The van der Waals surface area contributed by atoms with Gasteiger partial charge in [0.05, 0.1) is 26.2 Å². The Hall–Kier alpha value is -3.61. The van der Waals surface area contributed by atoms with Gasteiger partial charge in [0.15, 0.2) is 0 Å². The zero-order chi connectivity index (χ0) is 20.8. The van der Waals surface area contributed by atoms with E-state index in [1.807, 2.05) is 30.3 Å². The molecule has 2 aromatic carbocycles. The van der Waals surface area contributed by atoms with Crippen LogP contribution in [0.15, 0.2) is 59.4 Å². The molecule has 150 valence electrons. The monoisotopic (exact) mass is 394 g/mol. The number of carbonyl (C=O) groups is 2. The second kappa shape index (κ2) is 9.05. The summed E-state index contributed by atoms with van der Waals surface area (Å²) in [5, 5.41) is 5.57. The maximum absolute atomic E-state index is 12.6. The molecule has 0 fully saturated rings. The first-order valence-corrected chi connectivity index (χ1v) is 9.12. The van der Waals surface area contributed by atoms with Gasteiger partial charge in [-0.25, -0.2) is 4.79 Å². The molecule has 29 heavy (non-hydrogen) atoms. The molecule has 7 heteroatoms. The molecule has 2 N–H and O–H groups in total. The quantitative estimate of drug-likeness (QED) is 0.600. The maximum atomic E-state index is 12.6. The summed E-state index contributed by atoms with van der Waals surface area (Å²) in [6.45, 7) is 0. The van der Waals surface area contributed by atoms with Crippen molar-refractivity contribution >= 4 is 11.9 Å². The fraction of sp³-hybridized carbons (Fsp3) is 0.227. The fourth-order valence-electron chi connectivity index (χ4n) is 3.32. The third kappa shape index (κ3) is 4.63. The normalized spacial score (nSPS) is 11.7. The number of aromatic amines is 2. The van der Waals surface area contributed by atoms with E-state index in [9.17, 15) is 14.4 Å². The van der Waals surface area contributed by atoms with E-state index in [0.29, 0.717) is 23.2 Å². The Bertz CT molecular complexity index is 1040. The molecular weight excluding hydrogens is 372 g/mol. The number of rotatable bonds is 7. The minimum absolute atomic E-state index is 0.00318.